The Hall–Kier alpha value is -2.49. The van der Waals surface area contributed by atoms with Crippen molar-refractivity contribution in [2.45, 2.75) is 19.3 Å². The Morgan fingerprint density at radius 1 is 1.14 bits per heavy atom. The van der Waals surface area contributed by atoms with Gasteiger partial charge in [0.2, 0.25) is 5.91 Å². The molecule has 0 saturated heterocycles. The van der Waals surface area contributed by atoms with Crippen molar-refractivity contribution in [1.82, 2.24) is 0 Å². The van der Waals surface area contributed by atoms with E-state index in [-0.39, 0.29) is 5.91 Å². The summed E-state index contributed by atoms with van der Waals surface area (Å²) in [4.78, 5) is 12.6. The molecule has 2 aromatic carbocycles. The van der Waals surface area contributed by atoms with Gasteiger partial charge in [-0.05, 0) is 37.6 Å². The van der Waals surface area contributed by atoms with Gasteiger partial charge >= 0.3 is 0 Å². The third-order valence-corrected chi connectivity index (χ3v) is 3.53. The molecule has 0 spiro atoms. The summed E-state index contributed by atoms with van der Waals surface area (Å²) in [7, 11) is 1.56. The van der Waals surface area contributed by atoms with Crippen LogP contribution >= 0.6 is 0 Å². The third kappa shape index (κ3) is 3.16. The Bertz CT molecular complexity index is 636. The second-order valence-corrected chi connectivity index (χ2v) is 5.40. The number of nitrogen functional groups attached to an aromatic ring is 1. The van der Waals surface area contributed by atoms with Gasteiger partial charge in [-0.15, -0.1) is 0 Å². The highest BCUT2D eigenvalue weighted by Crippen LogP contribution is 2.30. The summed E-state index contributed by atoms with van der Waals surface area (Å²) in [5, 5.41) is 2.90. The Morgan fingerprint density at radius 2 is 1.81 bits per heavy atom. The number of rotatable bonds is 4. The van der Waals surface area contributed by atoms with Crippen molar-refractivity contribution in [1.29, 1.82) is 0 Å². The molecule has 0 unspecified atom stereocenters. The highest BCUT2D eigenvalue weighted by Gasteiger charge is 2.30. The normalized spacial score (nSPS) is 11.0. The lowest BCUT2D eigenvalue weighted by atomic mass is 9.83. The fourth-order valence-corrected chi connectivity index (χ4v) is 2.09. The molecule has 0 aromatic heterocycles. The number of carbonyl (C=O) groups excluding carboxylic acids is 1. The van der Waals surface area contributed by atoms with Crippen molar-refractivity contribution in [3.63, 3.8) is 0 Å². The monoisotopic (exact) mass is 284 g/mol. The molecule has 0 saturated carbocycles. The standard InChI is InChI=1S/C17H20N2O2/c1-17(2,12-7-5-4-6-8-12)16(20)19-14-11-13(18)9-10-15(14)21-3/h4-11H,18H2,1-3H3,(H,19,20). The Balaban J connectivity index is 2.27. The molecule has 0 aliphatic rings. The van der Waals surface area contributed by atoms with Crippen molar-refractivity contribution < 1.29 is 9.53 Å². The molecule has 110 valence electrons. The van der Waals surface area contributed by atoms with E-state index in [1.54, 1.807) is 25.3 Å². The van der Waals surface area contributed by atoms with Gasteiger partial charge < -0.3 is 15.8 Å². The van der Waals surface area contributed by atoms with Gasteiger partial charge in [0.15, 0.2) is 0 Å². The van der Waals surface area contributed by atoms with Crippen LogP contribution < -0.4 is 15.8 Å². The van der Waals surface area contributed by atoms with E-state index in [0.717, 1.165) is 5.56 Å². The van der Waals surface area contributed by atoms with Crippen LogP contribution in [0.15, 0.2) is 48.5 Å². The summed E-state index contributed by atoms with van der Waals surface area (Å²) >= 11 is 0. The fourth-order valence-electron chi connectivity index (χ4n) is 2.09. The highest BCUT2D eigenvalue weighted by atomic mass is 16.5. The molecule has 0 aliphatic carbocycles. The molecule has 0 fully saturated rings. The predicted octanol–water partition coefficient (Wildman–Crippen LogP) is 3.19. The summed E-state index contributed by atoms with van der Waals surface area (Å²) in [5.41, 5.74) is 7.21. The molecule has 21 heavy (non-hydrogen) atoms. The van der Waals surface area contributed by atoms with Crippen LogP contribution in [-0.2, 0) is 10.2 Å². The van der Waals surface area contributed by atoms with Gasteiger partial charge in [-0.2, -0.15) is 0 Å². The van der Waals surface area contributed by atoms with Crippen LogP contribution in [-0.4, -0.2) is 13.0 Å². The average molecular weight is 284 g/mol. The van der Waals surface area contributed by atoms with Gasteiger partial charge in [0.25, 0.3) is 0 Å². The molecular formula is C17H20N2O2. The zero-order valence-electron chi connectivity index (χ0n) is 12.5. The topological polar surface area (TPSA) is 64.3 Å². The highest BCUT2D eigenvalue weighted by molar-refractivity contribution is 5.99. The van der Waals surface area contributed by atoms with Gasteiger partial charge in [0.05, 0.1) is 18.2 Å². The first-order valence-electron chi connectivity index (χ1n) is 6.75. The summed E-state index contributed by atoms with van der Waals surface area (Å²) < 4.78 is 5.25. The first-order chi connectivity index (χ1) is 9.95. The van der Waals surface area contributed by atoms with Crippen LogP contribution in [0.25, 0.3) is 0 Å². The predicted molar refractivity (Wildman–Crippen MR) is 85.5 cm³/mol. The van der Waals surface area contributed by atoms with Gasteiger partial charge in [0, 0.05) is 5.69 Å². The lowest BCUT2D eigenvalue weighted by molar-refractivity contribution is -0.120. The number of carbonyl (C=O) groups is 1. The van der Waals surface area contributed by atoms with E-state index in [9.17, 15) is 4.79 Å². The van der Waals surface area contributed by atoms with Crippen molar-refractivity contribution in [2.75, 3.05) is 18.2 Å². The van der Waals surface area contributed by atoms with E-state index in [0.29, 0.717) is 17.1 Å². The van der Waals surface area contributed by atoms with E-state index < -0.39 is 5.41 Å². The largest absolute Gasteiger partial charge is 0.495 e. The van der Waals surface area contributed by atoms with Crippen LogP contribution in [0, 0.1) is 0 Å². The van der Waals surface area contributed by atoms with Crippen LogP contribution in [0.4, 0.5) is 11.4 Å². The number of nitrogens with one attached hydrogen (secondary N) is 1. The van der Waals surface area contributed by atoms with Crippen molar-refractivity contribution in [3.8, 4) is 5.75 Å². The zero-order valence-corrected chi connectivity index (χ0v) is 12.5. The number of ether oxygens (including phenoxy) is 1. The van der Waals surface area contributed by atoms with E-state index in [1.165, 1.54) is 0 Å². The number of nitrogens with two attached hydrogens (primary N) is 1. The van der Waals surface area contributed by atoms with E-state index in [4.69, 9.17) is 10.5 Å². The van der Waals surface area contributed by atoms with Crippen molar-refractivity contribution in [2.24, 2.45) is 0 Å². The maximum Gasteiger partial charge on any atom is 0.234 e. The molecule has 1 amide bonds. The smallest absolute Gasteiger partial charge is 0.234 e. The summed E-state index contributed by atoms with van der Waals surface area (Å²) in [6.45, 7) is 3.77. The maximum absolute atomic E-state index is 12.6. The van der Waals surface area contributed by atoms with Crippen LogP contribution in [0.3, 0.4) is 0 Å². The third-order valence-electron chi connectivity index (χ3n) is 3.53. The first kappa shape index (κ1) is 14.9. The van der Waals surface area contributed by atoms with Crippen LogP contribution in [0.2, 0.25) is 0 Å². The molecule has 2 aromatic rings. The molecule has 3 N–H and O–H groups in total. The number of benzene rings is 2. The number of hydrogen-bond acceptors (Lipinski definition) is 3. The maximum atomic E-state index is 12.6. The van der Waals surface area contributed by atoms with Crippen LogP contribution in [0.1, 0.15) is 19.4 Å². The second-order valence-electron chi connectivity index (χ2n) is 5.40. The summed E-state index contributed by atoms with van der Waals surface area (Å²) in [6, 6.07) is 14.8. The average Bonchev–Trinajstić information content (AvgIpc) is 2.48. The molecule has 0 aliphatic heterocycles. The summed E-state index contributed by atoms with van der Waals surface area (Å²) in [5.74, 6) is 0.471. The zero-order chi connectivity index (χ0) is 15.5. The Morgan fingerprint density at radius 3 is 2.43 bits per heavy atom. The lowest BCUT2D eigenvalue weighted by Gasteiger charge is -2.24. The fraction of sp³-hybridized carbons (Fsp3) is 0.235. The van der Waals surface area contributed by atoms with Crippen LogP contribution in [0.5, 0.6) is 5.75 Å². The van der Waals surface area contributed by atoms with E-state index in [2.05, 4.69) is 5.32 Å². The molecule has 0 heterocycles. The molecule has 0 radical (unpaired) electrons. The second kappa shape index (κ2) is 5.87. The minimum atomic E-state index is -0.656. The number of methoxy groups -OCH3 is 1. The molecule has 4 heteroatoms. The quantitative estimate of drug-likeness (QED) is 0.847. The lowest BCUT2D eigenvalue weighted by Crippen LogP contribution is -2.34. The van der Waals surface area contributed by atoms with E-state index >= 15 is 0 Å². The minimum absolute atomic E-state index is 0.113. The molecule has 4 nitrogen and oxygen atoms in total. The summed E-state index contributed by atoms with van der Waals surface area (Å²) in [6.07, 6.45) is 0. The number of anilines is 2. The number of amides is 1. The molecule has 2 rings (SSSR count). The number of hydrogen-bond donors (Lipinski definition) is 2. The van der Waals surface area contributed by atoms with Gasteiger partial charge in [-0.1, -0.05) is 30.3 Å². The Labute approximate surface area is 124 Å². The molecule has 0 bridgehead atoms. The van der Waals surface area contributed by atoms with E-state index in [1.807, 2.05) is 44.2 Å². The van der Waals surface area contributed by atoms with Gasteiger partial charge in [-0.3, -0.25) is 4.79 Å². The van der Waals surface area contributed by atoms with Gasteiger partial charge in [-0.25, -0.2) is 0 Å². The SMILES string of the molecule is COc1ccc(N)cc1NC(=O)C(C)(C)c1ccccc1. The molecular weight excluding hydrogens is 264 g/mol. The molecule has 0 atom stereocenters. The van der Waals surface area contributed by atoms with Crippen molar-refractivity contribution >= 4 is 17.3 Å². The Kier molecular flexibility index (Phi) is 4.17. The first-order valence-corrected chi connectivity index (χ1v) is 6.75. The van der Waals surface area contributed by atoms with Gasteiger partial charge in [0.1, 0.15) is 5.75 Å². The minimum Gasteiger partial charge on any atom is -0.495 e. The van der Waals surface area contributed by atoms with Crippen molar-refractivity contribution in [3.05, 3.63) is 54.1 Å².